The second kappa shape index (κ2) is 11.2. The summed E-state index contributed by atoms with van der Waals surface area (Å²) in [5.74, 6) is 0.172. The molecule has 2 N–H and O–H groups in total. The van der Waals surface area contributed by atoms with E-state index in [0.29, 0.717) is 29.4 Å². The van der Waals surface area contributed by atoms with Gasteiger partial charge in [-0.3, -0.25) is 9.69 Å². The van der Waals surface area contributed by atoms with E-state index in [4.69, 9.17) is 14.6 Å². The first-order valence-electron chi connectivity index (χ1n) is 12.6. The van der Waals surface area contributed by atoms with Crippen LogP contribution in [0.15, 0.2) is 48.7 Å². The molecule has 3 heterocycles. The van der Waals surface area contributed by atoms with Crippen molar-refractivity contribution in [1.29, 1.82) is 0 Å². The van der Waals surface area contributed by atoms with Gasteiger partial charge < -0.3 is 20.1 Å². The molecule has 0 spiro atoms. The summed E-state index contributed by atoms with van der Waals surface area (Å²) < 4.78 is 27.2. The molecule has 2 aromatic heterocycles. The molecule has 38 heavy (non-hydrogen) atoms. The first kappa shape index (κ1) is 25.6. The fraction of sp³-hybridized carbons (Fsp3) is 0.321. The van der Waals surface area contributed by atoms with E-state index < -0.39 is 0 Å². The number of imidazole rings is 1. The van der Waals surface area contributed by atoms with E-state index in [1.807, 2.05) is 26.0 Å². The van der Waals surface area contributed by atoms with E-state index in [-0.39, 0.29) is 11.7 Å². The van der Waals surface area contributed by atoms with E-state index >= 15 is 0 Å². The molecule has 0 bridgehead atoms. The number of amides is 1. The van der Waals surface area contributed by atoms with Gasteiger partial charge >= 0.3 is 0 Å². The molecular formula is C28H31FN6O3. The predicted molar refractivity (Wildman–Crippen MR) is 144 cm³/mol. The van der Waals surface area contributed by atoms with E-state index in [1.165, 1.54) is 12.1 Å². The van der Waals surface area contributed by atoms with Gasteiger partial charge in [0.25, 0.3) is 5.91 Å². The molecule has 10 heteroatoms. The van der Waals surface area contributed by atoms with Gasteiger partial charge in [0.1, 0.15) is 11.6 Å². The Morgan fingerprint density at radius 3 is 2.68 bits per heavy atom. The summed E-state index contributed by atoms with van der Waals surface area (Å²) in [7, 11) is 1.61. The van der Waals surface area contributed by atoms with Crippen molar-refractivity contribution < 1.29 is 18.7 Å². The molecule has 5 rings (SSSR count). The highest BCUT2D eigenvalue weighted by Crippen LogP contribution is 2.31. The van der Waals surface area contributed by atoms with Crippen molar-refractivity contribution in [2.45, 2.75) is 13.8 Å². The number of hydrogen-bond donors (Lipinski definition) is 2. The smallest absolute Gasteiger partial charge is 0.251 e. The number of nitrogens with one attached hydrogen (secondary N) is 2. The molecule has 198 valence electrons. The van der Waals surface area contributed by atoms with Gasteiger partial charge in [-0.2, -0.15) is 0 Å². The number of carbonyl (C=O) groups excluding carboxylic acids is 1. The molecule has 1 saturated heterocycles. The zero-order chi connectivity index (χ0) is 26.6. The van der Waals surface area contributed by atoms with Crippen LogP contribution < -0.4 is 15.4 Å². The van der Waals surface area contributed by atoms with Gasteiger partial charge in [-0.1, -0.05) is 12.1 Å². The molecule has 0 unspecified atom stereocenters. The molecule has 1 amide bonds. The summed E-state index contributed by atoms with van der Waals surface area (Å²) in [5.41, 5.74) is 5.22. The quantitative estimate of drug-likeness (QED) is 0.364. The molecule has 1 aliphatic heterocycles. The highest BCUT2D eigenvalue weighted by atomic mass is 19.1. The number of hydrogen-bond acceptors (Lipinski definition) is 7. The Labute approximate surface area is 220 Å². The number of anilines is 1. The monoisotopic (exact) mass is 518 g/mol. The van der Waals surface area contributed by atoms with Crippen LogP contribution >= 0.6 is 0 Å². The number of nitrogens with zero attached hydrogens (tertiary/aromatic N) is 4. The van der Waals surface area contributed by atoms with Crippen molar-refractivity contribution in [3.05, 3.63) is 71.2 Å². The molecule has 4 aromatic rings. The van der Waals surface area contributed by atoms with E-state index in [2.05, 4.69) is 20.5 Å². The van der Waals surface area contributed by atoms with Crippen LogP contribution in [0.3, 0.4) is 0 Å². The second-order valence-corrected chi connectivity index (χ2v) is 9.28. The van der Waals surface area contributed by atoms with Crippen molar-refractivity contribution in [2.24, 2.45) is 0 Å². The van der Waals surface area contributed by atoms with Gasteiger partial charge in [0.2, 0.25) is 5.88 Å². The Balaban J connectivity index is 1.51. The Kier molecular flexibility index (Phi) is 7.52. The Bertz CT molecular complexity index is 1460. The van der Waals surface area contributed by atoms with Crippen LogP contribution in [0, 0.1) is 19.7 Å². The van der Waals surface area contributed by atoms with Crippen molar-refractivity contribution in [2.75, 3.05) is 51.8 Å². The maximum Gasteiger partial charge on any atom is 0.251 e. The van der Waals surface area contributed by atoms with Gasteiger partial charge in [0.05, 0.1) is 30.8 Å². The van der Waals surface area contributed by atoms with E-state index in [1.54, 1.807) is 36.0 Å². The third kappa shape index (κ3) is 5.46. The summed E-state index contributed by atoms with van der Waals surface area (Å²) >= 11 is 0. The molecule has 0 atom stereocenters. The third-order valence-electron chi connectivity index (χ3n) is 6.65. The Morgan fingerprint density at radius 2 is 1.92 bits per heavy atom. The minimum absolute atomic E-state index is 0.141. The summed E-state index contributed by atoms with van der Waals surface area (Å²) in [6, 6.07) is 11.8. The number of halogens is 1. The molecular weight excluding hydrogens is 487 g/mol. The van der Waals surface area contributed by atoms with E-state index in [0.717, 1.165) is 60.9 Å². The van der Waals surface area contributed by atoms with Crippen LogP contribution in [0.1, 0.15) is 21.5 Å². The lowest BCUT2D eigenvalue weighted by Gasteiger charge is -2.26. The number of benzene rings is 2. The Hall–Kier alpha value is -4.02. The SMILES string of the molecule is CNC(=O)c1ccc(-c2cnc3c(NCCN4CCOCC4)cc(Oc4cc(F)ccc4C)nn23)cc1C. The Morgan fingerprint density at radius 1 is 1.11 bits per heavy atom. The van der Waals surface area contributed by atoms with Crippen LogP contribution in [0.4, 0.5) is 10.1 Å². The van der Waals surface area contributed by atoms with E-state index in [9.17, 15) is 9.18 Å². The number of fused-ring (bicyclic) bond motifs is 1. The zero-order valence-electron chi connectivity index (χ0n) is 21.8. The highest BCUT2D eigenvalue weighted by molar-refractivity contribution is 5.96. The second-order valence-electron chi connectivity index (χ2n) is 9.28. The minimum atomic E-state index is -0.384. The minimum Gasteiger partial charge on any atom is -0.437 e. The van der Waals surface area contributed by atoms with Crippen molar-refractivity contribution in [3.63, 3.8) is 0 Å². The first-order valence-corrected chi connectivity index (χ1v) is 12.6. The largest absolute Gasteiger partial charge is 0.437 e. The molecule has 0 saturated carbocycles. The summed E-state index contributed by atoms with van der Waals surface area (Å²) in [6.45, 7) is 8.58. The van der Waals surface area contributed by atoms with Crippen molar-refractivity contribution in [1.82, 2.24) is 24.8 Å². The van der Waals surface area contributed by atoms with Gasteiger partial charge in [0.15, 0.2) is 5.65 Å². The van der Waals surface area contributed by atoms with Gasteiger partial charge in [-0.25, -0.2) is 13.9 Å². The normalized spacial score (nSPS) is 14.0. The number of rotatable bonds is 8. The van der Waals surface area contributed by atoms with Crippen LogP contribution in [-0.2, 0) is 4.74 Å². The topological polar surface area (TPSA) is 93.0 Å². The number of ether oxygens (including phenoxy) is 2. The molecule has 9 nitrogen and oxygen atoms in total. The molecule has 0 radical (unpaired) electrons. The fourth-order valence-electron chi connectivity index (χ4n) is 4.51. The number of carbonyl (C=O) groups is 1. The zero-order valence-corrected chi connectivity index (χ0v) is 21.8. The summed E-state index contributed by atoms with van der Waals surface area (Å²) in [6.07, 6.45) is 1.75. The van der Waals surface area contributed by atoms with Gasteiger partial charge in [-0.15, -0.1) is 5.10 Å². The lowest BCUT2D eigenvalue weighted by atomic mass is 10.0. The standard InChI is InChI=1S/C28H31FN6O3/c1-18-4-6-21(29)15-25(18)38-26-16-23(31-8-9-34-10-12-37-13-11-34)27-32-17-24(35(27)33-26)20-5-7-22(19(2)14-20)28(36)30-3/h4-7,14-17,31H,8-13H2,1-3H3,(H,30,36). The average molecular weight is 519 g/mol. The summed E-state index contributed by atoms with van der Waals surface area (Å²) in [5, 5.41) is 10.8. The molecule has 0 aliphatic carbocycles. The molecule has 1 fully saturated rings. The third-order valence-corrected chi connectivity index (χ3v) is 6.65. The maximum absolute atomic E-state index is 13.9. The van der Waals surface area contributed by atoms with Gasteiger partial charge in [-0.05, 0) is 43.2 Å². The molecule has 2 aromatic carbocycles. The number of aromatic nitrogens is 3. The van der Waals surface area contributed by atoms with Crippen LogP contribution in [0.2, 0.25) is 0 Å². The van der Waals surface area contributed by atoms with Crippen LogP contribution in [-0.4, -0.2) is 71.8 Å². The maximum atomic E-state index is 13.9. The number of aryl methyl sites for hydroxylation is 2. The predicted octanol–water partition coefficient (Wildman–Crippen LogP) is 4.05. The van der Waals surface area contributed by atoms with Gasteiger partial charge in [0, 0.05) is 56.5 Å². The molecule has 1 aliphatic rings. The highest BCUT2D eigenvalue weighted by Gasteiger charge is 2.17. The fourth-order valence-corrected chi connectivity index (χ4v) is 4.51. The van der Waals surface area contributed by atoms with Crippen LogP contribution in [0.25, 0.3) is 16.9 Å². The lowest BCUT2D eigenvalue weighted by Crippen LogP contribution is -2.39. The average Bonchev–Trinajstić information content (AvgIpc) is 3.35. The summed E-state index contributed by atoms with van der Waals surface area (Å²) in [4.78, 5) is 19.2. The van der Waals surface area contributed by atoms with Crippen LogP contribution in [0.5, 0.6) is 11.6 Å². The van der Waals surface area contributed by atoms with Crippen molar-refractivity contribution in [3.8, 4) is 22.9 Å². The lowest BCUT2D eigenvalue weighted by molar-refractivity contribution is 0.0398. The number of morpholine rings is 1. The first-order chi connectivity index (χ1) is 18.4. The van der Waals surface area contributed by atoms with Crippen molar-refractivity contribution >= 4 is 17.2 Å².